The number of hydrogen-bond donors (Lipinski definition) is 0. The summed E-state index contributed by atoms with van der Waals surface area (Å²) in [7, 11) is 0. The maximum atomic E-state index is 9.20. The predicted molar refractivity (Wildman–Crippen MR) is 74.8 cm³/mol. The molecule has 0 atom stereocenters. The van der Waals surface area contributed by atoms with Gasteiger partial charge in [0, 0.05) is 12.2 Å². The fraction of sp³-hybridized carbons (Fsp3) is 0.125. The van der Waals surface area contributed by atoms with Crippen molar-refractivity contribution in [3.05, 3.63) is 60.2 Å². The Hall–Kier alpha value is -2.78. The van der Waals surface area contributed by atoms with Gasteiger partial charge in [-0.05, 0) is 24.3 Å². The van der Waals surface area contributed by atoms with E-state index in [1.165, 1.54) is 0 Å². The maximum Gasteiger partial charge on any atom is 0.101 e. The van der Waals surface area contributed by atoms with Crippen LogP contribution in [0.1, 0.15) is 12.0 Å². The molecule has 0 fully saturated rings. The largest absolute Gasteiger partial charge is 0.339 e. The van der Waals surface area contributed by atoms with Crippen LogP contribution in [0.4, 0.5) is 11.4 Å². The van der Waals surface area contributed by atoms with Crippen molar-refractivity contribution >= 4 is 11.4 Å². The van der Waals surface area contributed by atoms with Crippen LogP contribution in [0.25, 0.3) is 0 Å². The van der Waals surface area contributed by atoms with E-state index >= 15 is 0 Å². The standard InChI is InChI=1S/C16H13N3/c17-11-6-12-19(15-8-2-1-3-9-15)16-10-5-4-7-14(16)13-18/h1-5,7-10H,6,12H2. The van der Waals surface area contributed by atoms with E-state index < -0.39 is 0 Å². The van der Waals surface area contributed by atoms with Crippen LogP contribution < -0.4 is 4.90 Å². The van der Waals surface area contributed by atoms with E-state index in [1.54, 1.807) is 6.07 Å². The highest BCUT2D eigenvalue weighted by atomic mass is 15.1. The van der Waals surface area contributed by atoms with Gasteiger partial charge in [0.1, 0.15) is 6.07 Å². The minimum Gasteiger partial charge on any atom is -0.339 e. The topological polar surface area (TPSA) is 50.8 Å². The highest BCUT2D eigenvalue weighted by Gasteiger charge is 2.12. The molecule has 3 heteroatoms. The Kier molecular flexibility index (Phi) is 4.16. The molecular formula is C16H13N3. The molecule has 0 aromatic heterocycles. The van der Waals surface area contributed by atoms with Gasteiger partial charge in [0.2, 0.25) is 0 Å². The molecule has 2 aromatic carbocycles. The van der Waals surface area contributed by atoms with Crippen LogP contribution in [0.5, 0.6) is 0 Å². The SMILES string of the molecule is N#CCCN(c1ccccc1)c1ccccc1C#N. The summed E-state index contributed by atoms with van der Waals surface area (Å²) in [5.41, 5.74) is 2.44. The summed E-state index contributed by atoms with van der Waals surface area (Å²) in [6.45, 7) is 0.569. The van der Waals surface area contributed by atoms with Gasteiger partial charge in [0.05, 0.1) is 23.7 Å². The molecule has 19 heavy (non-hydrogen) atoms. The zero-order chi connectivity index (χ0) is 13.5. The van der Waals surface area contributed by atoms with Gasteiger partial charge in [0.25, 0.3) is 0 Å². The van der Waals surface area contributed by atoms with Gasteiger partial charge in [-0.1, -0.05) is 30.3 Å². The molecule has 3 nitrogen and oxygen atoms in total. The van der Waals surface area contributed by atoms with Gasteiger partial charge >= 0.3 is 0 Å². The number of hydrogen-bond acceptors (Lipinski definition) is 3. The quantitative estimate of drug-likeness (QED) is 0.829. The highest BCUT2D eigenvalue weighted by Crippen LogP contribution is 2.28. The van der Waals surface area contributed by atoms with Crippen molar-refractivity contribution in [2.24, 2.45) is 0 Å². The summed E-state index contributed by atoms with van der Waals surface area (Å²) in [6.07, 6.45) is 0.411. The van der Waals surface area contributed by atoms with Crippen molar-refractivity contribution in [2.45, 2.75) is 6.42 Å². The van der Waals surface area contributed by atoms with Gasteiger partial charge < -0.3 is 4.90 Å². The van der Waals surface area contributed by atoms with Gasteiger partial charge in [-0.2, -0.15) is 10.5 Å². The van der Waals surface area contributed by atoms with E-state index in [4.69, 9.17) is 5.26 Å². The van der Waals surface area contributed by atoms with E-state index in [9.17, 15) is 5.26 Å². The van der Waals surface area contributed by atoms with E-state index in [-0.39, 0.29) is 0 Å². The zero-order valence-electron chi connectivity index (χ0n) is 10.5. The molecule has 92 valence electrons. The van der Waals surface area contributed by atoms with Crippen LogP contribution in [-0.2, 0) is 0 Å². The monoisotopic (exact) mass is 247 g/mol. The highest BCUT2D eigenvalue weighted by molar-refractivity contribution is 5.69. The first kappa shape index (κ1) is 12.7. The third-order valence-electron chi connectivity index (χ3n) is 2.83. The molecule has 2 rings (SSSR count). The fourth-order valence-electron chi connectivity index (χ4n) is 1.96. The molecule has 0 saturated carbocycles. The number of anilines is 2. The lowest BCUT2D eigenvalue weighted by molar-refractivity contribution is 0.946. The molecule has 0 saturated heterocycles. The first-order chi connectivity index (χ1) is 9.36. The average Bonchev–Trinajstić information content (AvgIpc) is 2.49. The molecular weight excluding hydrogens is 234 g/mol. The fourth-order valence-corrected chi connectivity index (χ4v) is 1.96. The predicted octanol–water partition coefficient (Wildman–Crippen LogP) is 3.61. The number of rotatable bonds is 4. The zero-order valence-corrected chi connectivity index (χ0v) is 10.5. The summed E-state index contributed by atoms with van der Waals surface area (Å²) >= 11 is 0. The molecule has 0 radical (unpaired) electrons. The molecule has 2 aromatic rings. The minimum absolute atomic E-state index is 0.411. The first-order valence-corrected chi connectivity index (χ1v) is 6.05. The Balaban J connectivity index is 2.44. The number of benzene rings is 2. The lowest BCUT2D eigenvalue weighted by Gasteiger charge is -2.24. The molecule has 0 heterocycles. The summed E-state index contributed by atoms with van der Waals surface area (Å²) < 4.78 is 0. The number of nitriles is 2. The summed E-state index contributed by atoms with van der Waals surface area (Å²) in [6, 6.07) is 21.6. The van der Waals surface area contributed by atoms with Crippen molar-refractivity contribution in [3.8, 4) is 12.1 Å². The van der Waals surface area contributed by atoms with E-state index in [0.717, 1.165) is 11.4 Å². The molecule has 0 amide bonds. The second-order valence-electron chi connectivity index (χ2n) is 4.02. The second-order valence-corrected chi connectivity index (χ2v) is 4.02. The third kappa shape index (κ3) is 2.91. The lowest BCUT2D eigenvalue weighted by Crippen LogP contribution is -2.19. The molecule has 0 unspecified atom stereocenters. The van der Waals surface area contributed by atoms with E-state index in [1.807, 2.05) is 53.4 Å². The average molecular weight is 247 g/mol. The van der Waals surface area contributed by atoms with E-state index in [0.29, 0.717) is 18.5 Å². The summed E-state index contributed by atoms with van der Waals surface area (Å²) in [5.74, 6) is 0. The Bertz CT molecular complexity index is 620. The van der Waals surface area contributed by atoms with Crippen molar-refractivity contribution in [3.63, 3.8) is 0 Å². The van der Waals surface area contributed by atoms with Crippen LogP contribution in [-0.4, -0.2) is 6.54 Å². The Morgan fingerprint density at radius 2 is 1.58 bits per heavy atom. The summed E-state index contributed by atoms with van der Waals surface area (Å²) in [5, 5.41) is 18.0. The molecule has 0 N–H and O–H groups in total. The van der Waals surface area contributed by atoms with Gasteiger partial charge in [-0.3, -0.25) is 0 Å². The Labute approximate surface area is 112 Å². The van der Waals surface area contributed by atoms with Crippen molar-refractivity contribution in [2.75, 3.05) is 11.4 Å². The van der Waals surface area contributed by atoms with Gasteiger partial charge in [0.15, 0.2) is 0 Å². The number of nitrogens with zero attached hydrogens (tertiary/aromatic N) is 3. The van der Waals surface area contributed by atoms with E-state index in [2.05, 4.69) is 12.1 Å². The Morgan fingerprint density at radius 3 is 2.26 bits per heavy atom. The smallest absolute Gasteiger partial charge is 0.101 e. The van der Waals surface area contributed by atoms with Crippen molar-refractivity contribution in [1.29, 1.82) is 10.5 Å². The lowest BCUT2D eigenvalue weighted by atomic mass is 10.1. The van der Waals surface area contributed by atoms with Crippen molar-refractivity contribution in [1.82, 2.24) is 0 Å². The Morgan fingerprint density at radius 1 is 0.895 bits per heavy atom. The first-order valence-electron chi connectivity index (χ1n) is 6.05. The normalized spacial score (nSPS) is 9.37. The molecule has 0 bridgehead atoms. The molecule has 0 aliphatic rings. The van der Waals surface area contributed by atoms with Crippen molar-refractivity contribution < 1.29 is 0 Å². The molecule has 0 spiro atoms. The van der Waals surface area contributed by atoms with Gasteiger partial charge in [-0.15, -0.1) is 0 Å². The maximum absolute atomic E-state index is 9.20. The molecule has 0 aliphatic carbocycles. The van der Waals surface area contributed by atoms with Crippen LogP contribution >= 0.6 is 0 Å². The second kappa shape index (κ2) is 6.23. The minimum atomic E-state index is 0.411. The van der Waals surface area contributed by atoms with Crippen LogP contribution in [0.15, 0.2) is 54.6 Å². The van der Waals surface area contributed by atoms with Crippen LogP contribution in [0, 0.1) is 22.7 Å². The van der Waals surface area contributed by atoms with Gasteiger partial charge in [-0.25, -0.2) is 0 Å². The third-order valence-corrected chi connectivity index (χ3v) is 2.83. The van der Waals surface area contributed by atoms with Crippen LogP contribution in [0.2, 0.25) is 0 Å². The number of para-hydroxylation sites is 2. The summed E-state index contributed by atoms with van der Waals surface area (Å²) in [4.78, 5) is 2.00. The van der Waals surface area contributed by atoms with Crippen LogP contribution in [0.3, 0.4) is 0 Å². The molecule has 0 aliphatic heterocycles.